The van der Waals surface area contributed by atoms with Crippen LogP contribution in [0, 0.1) is 0 Å². The van der Waals surface area contributed by atoms with E-state index in [9.17, 15) is 8.42 Å². The van der Waals surface area contributed by atoms with Crippen LogP contribution in [0.1, 0.15) is 18.9 Å². The number of benzene rings is 1. The van der Waals surface area contributed by atoms with Gasteiger partial charge >= 0.3 is 0 Å². The SMILES string of the molecule is CCNC(=NCC1Cc2ccccc2O1)NCCCNS(C)(=O)=O.I. The van der Waals surface area contributed by atoms with E-state index < -0.39 is 10.0 Å². The number of fused-ring (bicyclic) bond motifs is 1. The average Bonchev–Trinajstić information content (AvgIpc) is 2.94. The van der Waals surface area contributed by atoms with E-state index in [2.05, 4.69) is 26.4 Å². The number of rotatable bonds is 8. The van der Waals surface area contributed by atoms with E-state index in [0.29, 0.717) is 26.1 Å². The largest absolute Gasteiger partial charge is 0.488 e. The Balaban J connectivity index is 0.00000312. The van der Waals surface area contributed by atoms with Crippen molar-refractivity contribution in [3.05, 3.63) is 29.8 Å². The van der Waals surface area contributed by atoms with Crippen LogP contribution in [-0.2, 0) is 16.4 Å². The molecule has 1 aliphatic heterocycles. The number of hydrogen-bond acceptors (Lipinski definition) is 4. The highest BCUT2D eigenvalue weighted by atomic mass is 127. The zero-order valence-corrected chi connectivity index (χ0v) is 17.8. The molecule has 0 fully saturated rings. The Kier molecular flexibility index (Phi) is 9.51. The van der Waals surface area contributed by atoms with Crippen LogP contribution in [0.15, 0.2) is 29.3 Å². The van der Waals surface area contributed by atoms with Crippen molar-refractivity contribution in [2.45, 2.75) is 25.9 Å². The van der Waals surface area contributed by atoms with E-state index in [1.54, 1.807) is 0 Å². The van der Waals surface area contributed by atoms with Gasteiger partial charge in [-0.3, -0.25) is 0 Å². The number of guanidine groups is 1. The number of hydrogen-bond donors (Lipinski definition) is 3. The number of para-hydroxylation sites is 1. The number of aliphatic imine (C=N–C) groups is 1. The van der Waals surface area contributed by atoms with Gasteiger partial charge in [-0.1, -0.05) is 18.2 Å². The minimum absolute atomic E-state index is 0. The van der Waals surface area contributed by atoms with Gasteiger partial charge in [0.05, 0.1) is 12.8 Å². The normalized spacial score (nSPS) is 16.6. The lowest BCUT2D eigenvalue weighted by atomic mass is 10.1. The highest BCUT2D eigenvalue weighted by Crippen LogP contribution is 2.28. The van der Waals surface area contributed by atoms with Gasteiger partial charge in [0.15, 0.2) is 5.96 Å². The monoisotopic (exact) mass is 482 g/mol. The maximum absolute atomic E-state index is 11.0. The average molecular weight is 482 g/mol. The lowest BCUT2D eigenvalue weighted by Crippen LogP contribution is -2.39. The first-order valence-electron chi connectivity index (χ1n) is 8.19. The number of ether oxygens (including phenoxy) is 1. The Morgan fingerprint density at radius 3 is 2.72 bits per heavy atom. The molecule has 1 aliphatic rings. The van der Waals surface area contributed by atoms with Gasteiger partial charge in [0, 0.05) is 26.1 Å². The van der Waals surface area contributed by atoms with Crippen LogP contribution >= 0.6 is 24.0 Å². The molecule has 25 heavy (non-hydrogen) atoms. The topological polar surface area (TPSA) is 91.8 Å². The molecule has 1 atom stereocenters. The molecule has 0 saturated carbocycles. The van der Waals surface area contributed by atoms with Crippen LogP contribution in [0.3, 0.4) is 0 Å². The van der Waals surface area contributed by atoms with Crippen molar-refractivity contribution in [2.24, 2.45) is 4.99 Å². The molecule has 9 heteroatoms. The zero-order chi connectivity index (χ0) is 17.4. The van der Waals surface area contributed by atoms with Gasteiger partial charge in [-0.25, -0.2) is 18.1 Å². The molecular weight excluding hydrogens is 455 g/mol. The van der Waals surface area contributed by atoms with Crippen molar-refractivity contribution in [2.75, 3.05) is 32.4 Å². The smallest absolute Gasteiger partial charge is 0.208 e. The molecule has 0 spiro atoms. The second kappa shape index (κ2) is 10.8. The summed E-state index contributed by atoms with van der Waals surface area (Å²) in [5.41, 5.74) is 1.22. The predicted molar refractivity (Wildman–Crippen MR) is 111 cm³/mol. The third kappa shape index (κ3) is 8.23. The minimum Gasteiger partial charge on any atom is -0.488 e. The van der Waals surface area contributed by atoms with E-state index in [0.717, 1.165) is 30.9 Å². The molecule has 142 valence electrons. The summed E-state index contributed by atoms with van der Waals surface area (Å²) in [6.45, 7) is 4.39. The van der Waals surface area contributed by atoms with E-state index in [1.807, 2.05) is 25.1 Å². The maximum atomic E-state index is 11.0. The molecule has 0 saturated heterocycles. The quantitative estimate of drug-likeness (QED) is 0.224. The maximum Gasteiger partial charge on any atom is 0.208 e. The fourth-order valence-corrected chi connectivity index (χ4v) is 2.96. The third-order valence-electron chi connectivity index (χ3n) is 3.52. The molecule has 2 rings (SSSR count). The highest BCUT2D eigenvalue weighted by Gasteiger charge is 2.21. The van der Waals surface area contributed by atoms with Crippen LogP contribution < -0.4 is 20.1 Å². The summed E-state index contributed by atoms with van der Waals surface area (Å²) in [5, 5.41) is 6.38. The van der Waals surface area contributed by atoms with Crippen molar-refractivity contribution < 1.29 is 13.2 Å². The molecule has 0 aliphatic carbocycles. The highest BCUT2D eigenvalue weighted by molar-refractivity contribution is 14.0. The van der Waals surface area contributed by atoms with Gasteiger partial charge in [0.25, 0.3) is 0 Å². The number of nitrogens with zero attached hydrogens (tertiary/aromatic N) is 1. The van der Waals surface area contributed by atoms with Crippen LogP contribution in [-0.4, -0.2) is 52.9 Å². The fourth-order valence-electron chi connectivity index (χ4n) is 2.44. The standard InChI is InChI=1S/C16H26N4O3S.HI/c1-3-17-16(18-9-6-10-20-24(2,21)22)19-12-14-11-13-7-4-5-8-15(13)23-14;/h4-5,7-8,14,20H,3,6,9-12H2,1-2H3,(H2,17,18,19);1H. The first-order chi connectivity index (χ1) is 11.5. The van der Waals surface area contributed by atoms with E-state index >= 15 is 0 Å². The second-order valence-electron chi connectivity index (χ2n) is 5.72. The number of halogens is 1. The molecular formula is C16H27IN4O3S. The van der Waals surface area contributed by atoms with Crippen molar-refractivity contribution in [1.29, 1.82) is 0 Å². The Morgan fingerprint density at radius 1 is 1.28 bits per heavy atom. The summed E-state index contributed by atoms with van der Waals surface area (Å²) in [7, 11) is -3.12. The molecule has 0 bridgehead atoms. The first kappa shape index (κ1) is 22.0. The van der Waals surface area contributed by atoms with Gasteiger partial charge in [0.2, 0.25) is 10.0 Å². The summed E-state index contributed by atoms with van der Waals surface area (Å²) < 4.78 is 30.3. The van der Waals surface area contributed by atoms with E-state index in [1.165, 1.54) is 5.56 Å². The van der Waals surface area contributed by atoms with Gasteiger partial charge < -0.3 is 15.4 Å². The Hall–Kier alpha value is -1.07. The van der Waals surface area contributed by atoms with Crippen molar-refractivity contribution in [3.8, 4) is 5.75 Å². The lowest BCUT2D eigenvalue weighted by Gasteiger charge is -2.13. The van der Waals surface area contributed by atoms with Gasteiger partial charge in [-0.05, 0) is 25.0 Å². The van der Waals surface area contributed by atoms with Gasteiger partial charge in [-0.2, -0.15) is 0 Å². The van der Waals surface area contributed by atoms with E-state index in [4.69, 9.17) is 4.74 Å². The summed E-state index contributed by atoms with van der Waals surface area (Å²) >= 11 is 0. The summed E-state index contributed by atoms with van der Waals surface area (Å²) in [5.74, 6) is 1.67. The minimum atomic E-state index is -3.12. The molecule has 0 amide bonds. The Labute approximate surface area is 167 Å². The van der Waals surface area contributed by atoms with Crippen molar-refractivity contribution in [1.82, 2.24) is 15.4 Å². The third-order valence-corrected chi connectivity index (χ3v) is 4.25. The van der Waals surface area contributed by atoms with Crippen LogP contribution in [0.25, 0.3) is 0 Å². The molecule has 1 heterocycles. The Bertz CT molecular complexity index is 642. The zero-order valence-electron chi connectivity index (χ0n) is 14.6. The van der Waals surface area contributed by atoms with Gasteiger partial charge in [-0.15, -0.1) is 24.0 Å². The first-order valence-corrected chi connectivity index (χ1v) is 10.1. The molecule has 3 N–H and O–H groups in total. The van der Waals surface area contributed by atoms with Crippen LogP contribution in [0.2, 0.25) is 0 Å². The summed E-state index contributed by atoms with van der Waals surface area (Å²) in [6.07, 6.45) is 2.77. The molecule has 1 aromatic carbocycles. The summed E-state index contributed by atoms with van der Waals surface area (Å²) in [4.78, 5) is 4.56. The summed E-state index contributed by atoms with van der Waals surface area (Å²) in [6, 6.07) is 8.05. The molecule has 1 aromatic rings. The fraction of sp³-hybridized carbons (Fsp3) is 0.562. The van der Waals surface area contributed by atoms with Gasteiger partial charge in [0.1, 0.15) is 11.9 Å². The van der Waals surface area contributed by atoms with Crippen molar-refractivity contribution in [3.63, 3.8) is 0 Å². The van der Waals surface area contributed by atoms with E-state index in [-0.39, 0.29) is 30.1 Å². The van der Waals surface area contributed by atoms with Crippen LogP contribution in [0.4, 0.5) is 0 Å². The molecule has 0 aromatic heterocycles. The second-order valence-corrected chi connectivity index (χ2v) is 7.55. The molecule has 0 radical (unpaired) electrons. The predicted octanol–water partition coefficient (Wildman–Crippen LogP) is 1.10. The van der Waals surface area contributed by atoms with Crippen LogP contribution in [0.5, 0.6) is 5.75 Å². The molecule has 1 unspecified atom stereocenters. The molecule has 7 nitrogen and oxygen atoms in total. The lowest BCUT2D eigenvalue weighted by molar-refractivity contribution is 0.241. The number of sulfonamides is 1. The number of nitrogens with one attached hydrogen (secondary N) is 3. The van der Waals surface area contributed by atoms with Crippen molar-refractivity contribution >= 4 is 40.0 Å². The Morgan fingerprint density at radius 2 is 2.04 bits per heavy atom.